The molecule has 0 aromatic carbocycles. The molecule has 1 aromatic rings. The summed E-state index contributed by atoms with van der Waals surface area (Å²) in [6, 6.07) is 3.49. The smallest absolute Gasteiger partial charge is 0.250 e. The molecule has 1 aromatic heterocycles. The van der Waals surface area contributed by atoms with Gasteiger partial charge in [0.05, 0.1) is 11.3 Å². The van der Waals surface area contributed by atoms with Gasteiger partial charge in [0.1, 0.15) is 0 Å². The molecule has 86 valence electrons. The zero-order valence-corrected chi connectivity index (χ0v) is 9.35. The lowest BCUT2D eigenvalue weighted by Crippen LogP contribution is -2.24. The molecule has 0 radical (unpaired) electrons. The third kappa shape index (κ3) is 2.58. The molecule has 4 nitrogen and oxygen atoms in total. The van der Waals surface area contributed by atoms with Crippen molar-refractivity contribution < 1.29 is 4.79 Å². The fraction of sp³-hybridized carbons (Fsp3) is 0.500. The molecule has 0 saturated carbocycles. The Kier molecular flexibility index (Phi) is 3.51. The molecule has 0 aliphatic carbocycles. The van der Waals surface area contributed by atoms with Gasteiger partial charge in [-0.1, -0.05) is 0 Å². The van der Waals surface area contributed by atoms with E-state index >= 15 is 0 Å². The molecule has 2 N–H and O–H groups in total. The number of carbonyl (C=O) groups excluding carboxylic acids is 1. The van der Waals surface area contributed by atoms with Crippen LogP contribution in [0.15, 0.2) is 18.3 Å². The van der Waals surface area contributed by atoms with E-state index in [-0.39, 0.29) is 5.91 Å². The van der Waals surface area contributed by atoms with Gasteiger partial charge in [-0.05, 0) is 38.1 Å². The lowest BCUT2D eigenvalue weighted by Gasteiger charge is -2.14. The Labute approximate surface area is 95.5 Å². The van der Waals surface area contributed by atoms with Crippen LogP contribution in [0, 0.1) is 0 Å². The average molecular weight is 219 g/mol. The fourth-order valence-electron chi connectivity index (χ4n) is 2.13. The van der Waals surface area contributed by atoms with Crippen molar-refractivity contribution in [2.75, 3.05) is 19.6 Å². The van der Waals surface area contributed by atoms with Gasteiger partial charge in [-0.3, -0.25) is 9.78 Å². The van der Waals surface area contributed by atoms with Crippen molar-refractivity contribution in [3.05, 3.63) is 29.6 Å². The summed E-state index contributed by atoms with van der Waals surface area (Å²) in [4.78, 5) is 17.8. The van der Waals surface area contributed by atoms with Crippen molar-refractivity contribution in [3.8, 4) is 0 Å². The van der Waals surface area contributed by atoms with E-state index in [0.717, 1.165) is 18.7 Å². The average Bonchev–Trinajstić information content (AvgIpc) is 2.79. The highest BCUT2D eigenvalue weighted by atomic mass is 16.1. The Hall–Kier alpha value is -1.42. The number of hydrogen-bond acceptors (Lipinski definition) is 3. The van der Waals surface area contributed by atoms with Gasteiger partial charge in [0, 0.05) is 19.2 Å². The van der Waals surface area contributed by atoms with Gasteiger partial charge in [0.25, 0.3) is 5.91 Å². The van der Waals surface area contributed by atoms with Gasteiger partial charge in [-0.2, -0.15) is 0 Å². The van der Waals surface area contributed by atoms with Gasteiger partial charge in [0.15, 0.2) is 0 Å². The summed E-state index contributed by atoms with van der Waals surface area (Å²) >= 11 is 0. The number of carbonyl (C=O) groups is 1. The minimum Gasteiger partial charge on any atom is -0.366 e. The zero-order chi connectivity index (χ0) is 11.4. The van der Waals surface area contributed by atoms with E-state index in [1.807, 2.05) is 0 Å². The predicted octanol–water partition coefficient (Wildman–Crippen LogP) is 0.819. The van der Waals surface area contributed by atoms with E-state index < -0.39 is 0 Å². The standard InChI is InChI=1S/C12H17N3O/c13-12(16)10-4-3-6-14-11(10)5-9-15-7-1-2-8-15/h3-4,6H,1-2,5,7-9H2,(H2,13,16). The summed E-state index contributed by atoms with van der Waals surface area (Å²) in [5.74, 6) is -0.385. The molecular weight excluding hydrogens is 202 g/mol. The predicted molar refractivity (Wildman–Crippen MR) is 62.1 cm³/mol. The minimum absolute atomic E-state index is 0.385. The summed E-state index contributed by atoms with van der Waals surface area (Å²) in [6.45, 7) is 3.30. The number of amides is 1. The highest BCUT2D eigenvalue weighted by molar-refractivity contribution is 5.93. The summed E-state index contributed by atoms with van der Waals surface area (Å²) in [6.07, 6.45) is 5.08. The summed E-state index contributed by atoms with van der Waals surface area (Å²) in [5.41, 5.74) is 6.68. The first-order chi connectivity index (χ1) is 7.77. The van der Waals surface area contributed by atoms with Crippen LogP contribution in [-0.4, -0.2) is 35.4 Å². The summed E-state index contributed by atoms with van der Waals surface area (Å²) < 4.78 is 0. The molecular formula is C12H17N3O. The van der Waals surface area contributed by atoms with Crippen molar-refractivity contribution in [3.63, 3.8) is 0 Å². The first-order valence-corrected chi connectivity index (χ1v) is 5.73. The molecule has 16 heavy (non-hydrogen) atoms. The molecule has 1 aliphatic rings. The van der Waals surface area contributed by atoms with Crippen LogP contribution in [0.2, 0.25) is 0 Å². The Morgan fingerprint density at radius 2 is 2.19 bits per heavy atom. The van der Waals surface area contributed by atoms with Gasteiger partial charge in [0.2, 0.25) is 0 Å². The number of hydrogen-bond donors (Lipinski definition) is 1. The van der Waals surface area contributed by atoms with Gasteiger partial charge < -0.3 is 10.6 Å². The van der Waals surface area contributed by atoms with Gasteiger partial charge >= 0.3 is 0 Å². The van der Waals surface area contributed by atoms with Gasteiger partial charge in [-0.25, -0.2) is 0 Å². The summed E-state index contributed by atoms with van der Waals surface area (Å²) in [7, 11) is 0. The lowest BCUT2D eigenvalue weighted by molar-refractivity contribution is 0.0999. The maximum Gasteiger partial charge on any atom is 0.250 e. The third-order valence-corrected chi connectivity index (χ3v) is 3.02. The van der Waals surface area contributed by atoms with Crippen LogP contribution in [0.4, 0.5) is 0 Å². The van der Waals surface area contributed by atoms with Gasteiger partial charge in [-0.15, -0.1) is 0 Å². The lowest BCUT2D eigenvalue weighted by atomic mass is 10.1. The van der Waals surface area contributed by atoms with Crippen molar-refractivity contribution >= 4 is 5.91 Å². The number of primary amides is 1. The second-order valence-corrected chi connectivity index (χ2v) is 4.16. The Morgan fingerprint density at radius 3 is 2.88 bits per heavy atom. The second kappa shape index (κ2) is 5.07. The minimum atomic E-state index is -0.385. The maximum absolute atomic E-state index is 11.2. The molecule has 1 aliphatic heterocycles. The molecule has 0 spiro atoms. The van der Waals surface area contributed by atoms with Crippen LogP contribution in [0.3, 0.4) is 0 Å². The van der Waals surface area contributed by atoms with Crippen LogP contribution in [0.1, 0.15) is 28.9 Å². The Morgan fingerprint density at radius 1 is 1.44 bits per heavy atom. The topological polar surface area (TPSA) is 59.2 Å². The number of pyridine rings is 1. The van der Waals surface area contributed by atoms with E-state index in [1.54, 1.807) is 18.3 Å². The number of likely N-dealkylation sites (tertiary alicyclic amines) is 1. The van der Waals surface area contributed by atoms with Crippen molar-refractivity contribution in [1.82, 2.24) is 9.88 Å². The fourth-order valence-corrected chi connectivity index (χ4v) is 2.13. The largest absolute Gasteiger partial charge is 0.366 e. The van der Waals surface area contributed by atoms with Crippen LogP contribution in [0.5, 0.6) is 0 Å². The Balaban J connectivity index is 2.00. The van der Waals surface area contributed by atoms with E-state index in [0.29, 0.717) is 5.56 Å². The monoisotopic (exact) mass is 219 g/mol. The summed E-state index contributed by atoms with van der Waals surface area (Å²) in [5, 5.41) is 0. The van der Waals surface area contributed by atoms with Crippen molar-refractivity contribution in [1.29, 1.82) is 0 Å². The molecule has 0 bridgehead atoms. The van der Waals surface area contributed by atoms with Crippen LogP contribution in [-0.2, 0) is 6.42 Å². The van der Waals surface area contributed by atoms with Crippen LogP contribution in [0.25, 0.3) is 0 Å². The molecule has 0 unspecified atom stereocenters. The normalized spacial score (nSPS) is 16.5. The van der Waals surface area contributed by atoms with Crippen LogP contribution >= 0.6 is 0 Å². The SMILES string of the molecule is NC(=O)c1cccnc1CCN1CCCC1. The highest BCUT2D eigenvalue weighted by Gasteiger charge is 2.13. The quantitative estimate of drug-likeness (QED) is 0.815. The van der Waals surface area contributed by atoms with E-state index in [9.17, 15) is 4.79 Å². The van der Waals surface area contributed by atoms with E-state index in [2.05, 4.69) is 9.88 Å². The molecule has 1 fully saturated rings. The second-order valence-electron chi connectivity index (χ2n) is 4.16. The number of rotatable bonds is 4. The number of nitrogens with two attached hydrogens (primary N) is 1. The van der Waals surface area contributed by atoms with Crippen molar-refractivity contribution in [2.45, 2.75) is 19.3 Å². The molecule has 0 atom stereocenters. The third-order valence-electron chi connectivity index (χ3n) is 3.02. The van der Waals surface area contributed by atoms with E-state index in [4.69, 9.17) is 5.73 Å². The molecule has 1 saturated heterocycles. The molecule has 4 heteroatoms. The number of aromatic nitrogens is 1. The number of nitrogens with zero attached hydrogens (tertiary/aromatic N) is 2. The highest BCUT2D eigenvalue weighted by Crippen LogP contribution is 2.10. The zero-order valence-electron chi connectivity index (χ0n) is 9.35. The first kappa shape index (κ1) is 11.1. The first-order valence-electron chi connectivity index (χ1n) is 5.73. The maximum atomic E-state index is 11.2. The Bertz CT molecular complexity index is 372. The van der Waals surface area contributed by atoms with Crippen LogP contribution < -0.4 is 5.73 Å². The van der Waals surface area contributed by atoms with E-state index in [1.165, 1.54) is 25.9 Å². The molecule has 2 rings (SSSR count). The molecule has 1 amide bonds. The van der Waals surface area contributed by atoms with Crippen molar-refractivity contribution in [2.24, 2.45) is 5.73 Å². The molecule has 2 heterocycles.